The summed E-state index contributed by atoms with van der Waals surface area (Å²) in [5, 5.41) is 20.5. The molecule has 0 unspecified atom stereocenters. The van der Waals surface area contributed by atoms with Crippen molar-refractivity contribution in [3.05, 3.63) is 69.1 Å². The number of nitrogens with zero attached hydrogens (tertiary/aromatic N) is 2. The number of rotatable bonds is 4. The second-order valence-corrected chi connectivity index (χ2v) is 7.37. The van der Waals surface area contributed by atoms with Gasteiger partial charge in [0.15, 0.2) is 0 Å². The third-order valence-electron chi connectivity index (χ3n) is 3.66. The molecule has 1 heterocycles. The van der Waals surface area contributed by atoms with Gasteiger partial charge in [0.05, 0.1) is 21.9 Å². The fraction of sp³-hybridized carbons (Fsp3) is 0.0667. The van der Waals surface area contributed by atoms with E-state index in [2.05, 4.69) is 0 Å². The van der Waals surface area contributed by atoms with E-state index >= 15 is 0 Å². The minimum Gasteiger partial charge on any atom is -0.392 e. The van der Waals surface area contributed by atoms with Gasteiger partial charge in [0.2, 0.25) is 0 Å². The summed E-state index contributed by atoms with van der Waals surface area (Å²) in [7, 11) is -4.27. The molecule has 0 saturated heterocycles. The molecule has 0 bridgehead atoms. The van der Waals surface area contributed by atoms with Crippen molar-refractivity contribution < 1.29 is 22.8 Å². The molecule has 0 amide bonds. The van der Waals surface area contributed by atoms with Crippen molar-refractivity contribution in [2.45, 2.75) is 11.5 Å². The zero-order chi connectivity index (χ0) is 18.4. The molecule has 0 aliphatic heterocycles. The van der Waals surface area contributed by atoms with Gasteiger partial charge >= 0.3 is 0 Å². The lowest BCUT2D eigenvalue weighted by molar-refractivity contribution is -0.384. The summed E-state index contributed by atoms with van der Waals surface area (Å²) in [5.74, 6) is -0.659. The standard InChI is InChI=1S/C15H10ClFN2O5S/c16-13-4-2-11(6-15(13)19(21)22)25(23,24)18-7-9(8-20)12-3-1-10(17)5-14(12)18/h1-7,20H,8H2. The van der Waals surface area contributed by atoms with Crippen LogP contribution >= 0.6 is 11.6 Å². The van der Waals surface area contributed by atoms with E-state index in [1.165, 1.54) is 6.07 Å². The second-order valence-electron chi connectivity index (χ2n) is 5.15. The molecule has 10 heteroatoms. The summed E-state index contributed by atoms with van der Waals surface area (Å²) < 4.78 is 40.1. The quantitative estimate of drug-likeness (QED) is 0.550. The molecule has 0 fully saturated rings. The fourth-order valence-electron chi connectivity index (χ4n) is 2.47. The summed E-state index contributed by atoms with van der Waals surface area (Å²) in [6.45, 7) is -0.453. The number of hydrogen-bond donors (Lipinski definition) is 1. The molecule has 1 N–H and O–H groups in total. The molecule has 130 valence electrons. The largest absolute Gasteiger partial charge is 0.392 e. The molecule has 1 aromatic heterocycles. The van der Waals surface area contributed by atoms with Gasteiger partial charge in [0, 0.05) is 23.2 Å². The average molecular weight is 385 g/mol. The first-order valence-electron chi connectivity index (χ1n) is 6.85. The Labute approximate surface area is 146 Å². The molecule has 0 atom stereocenters. The maximum atomic E-state index is 13.6. The predicted octanol–water partition coefficient (Wildman–Crippen LogP) is 3.07. The summed E-state index contributed by atoms with van der Waals surface area (Å²) in [4.78, 5) is 9.80. The van der Waals surface area contributed by atoms with Crippen LogP contribution < -0.4 is 0 Å². The van der Waals surface area contributed by atoms with E-state index in [0.29, 0.717) is 5.39 Å². The van der Waals surface area contributed by atoms with E-state index in [-0.39, 0.29) is 21.0 Å². The summed E-state index contributed by atoms with van der Waals surface area (Å²) in [5.41, 5.74) is -0.267. The van der Waals surface area contributed by atoms with Crippen LogP contribution in [0.15, 0.2) is 47.5 Å². The molecule has 3 rings (SSSR count). The lowest BCUT2D eigenvalue weighted by atomic mass is 10.2. The molecule has 2 aromatic carbocycles. The number of halogens is 2. The molecule has 7 nitrogen and oxygen atoms in total. The second kappa shape index (κ2) is 6.10. The van der Waals surface area contributed by atoms with Crippen molar-refractivity contribution in [2.24, 2.45) is 0 Å². The Kier molecular flexibility index (Phi) is 4.23. The van der Waals surface area contributed by atoms with Crippen molar-refractivity contribution >= 4 is 38.2 Å². The van der Waals surface area contributed by atoms with Gasteiger partial charge in [-0.05, 0) is 30.3 Å². The molecule has 0 spiro atoms. The first-order valence-corrected chi connectivity index (χ1v) is 8.67. The Morgan fingerprint density at radius 2 is 1.96 bits per heavy atom. The number of nitro benzene ring substituents is 1. The van der Waals surface area contributed by atoms with Crippen LogP contribution in [0.4, 0.5) is 10.1 Å². The Bertz CT molecular complexity index is 1110. The molecule has 0 radical (unpaired) electrons. The number of aliphatic hydroxyl groups excluding tert-OH is 1. The van der Waals surface area contributed by atoms with Gasteiger partial charge in [-0.1, -0.05) is 11.6 Å². The van der Waals surface area contributed by atoms with Gasteiger partial charge < -0.3 is 5.11 Å². The number of aromatic nitrogens is 1. The molecular formula is C15H10ClFN2O5S. The number of fused-ring (bicyclic) bond motifs is 1. The highest BCUT2D eigenvalue weighted by Crippen LogP contribution is 2.31. The summed E-state index contributed by atoms with van der Waals surface area (Å²) in [6, 6.07) is 6.57. The van der Waals surface area contributed by atoms with Gasteiger partial charge in [-0.3, -0.25) is 10.1 Å². The lowest BCUT2D eigenvalue weighted by Crippen LogP contribution is -2.12. The van der Waals surface area contributed by atoms with Crippen LogP contribution in [0.25, 0.3) is 10.9 Å². The first-order chi connectivity index (χ1) is 11.8. The monoisotopic (exact) mass is 384 g/mol. The van der Waals surface area contributed by atoms with Crippen LogP contribution in [-0.4, -0.2) is 22.4 Å². The van der Waals surface area contributed by atoms with Gasteiger partial charge in [-0.2, -0.15) is 0 Å². The predicted molar refractivity (Wildman–Crippen MR) is 88.5 cm³/mol. The zero-order valence-corrected chi connectivity index (χ0v) is 14.0. The number of hydrogen-bond acceptors (Lipinski definition) is 5. The third kappa shape index (κ3) is 2.86. The maximum Gasteiger partial charge on any atom is 0.289 e. The summed E-state index contributed by atoms with van der Waals surface area (Å²) in [6.07, 6.45) is 1.15. The minimum absolute atomic E-state index is 0.0154. The number of aliphatic hydroxyl groups is 1. The smallest absolute Gasteiger partial charge is 0.289 e. The van der Waals surface area contributed by atoms with E-state index in [1.807, 2.05) is 0 Å². The normalized spacial score (nSPS) is 11.8. The number of benzene rings is 2. The number of nitro groups is 1. The Hall–Kier alpha value is -2.49. The van der Waals surface area contributed by atoms with Crippen molar-refractivity contribution in [1.82, 2.24) is 3.97 Å². The van der Waals surface area contributed by atoms with Gasteiger partial charge in [-0.25, -0.2) is 16.8 Å². The van der Waals surface area contributed by atoms with Crippen molar-refractivity contribution in [1.29, 1.82) is 0 Å². The third-order valence-corrected chi connectivity index (χ3v) is 5.65. The van der Waals surface area contributed by atoms with Gasteiger partial charge in [-0.15, -0.1) is 0 Å². The Morgan fingerprint density at radius 1 is 1.24 bits per heavy atom. The highest BCUT2D eigenvalue weighted by Gasteiger charge is 2.25. The van der Waals surface area contributed by atoms with Crippen LogP contribution in [-0.2, 0) is 16.6 Å². The topological polar surface area (TPSA) is 102 Å². The van der Waals surface area contributed by atoms with E-state index < -0.39 is 33.1 Å². The molecule has 0 saturated carbocycles. The van der Waals surface area contributed by atoms with Crippen molar-refractivity contribution in [2.75, 3.05) is 0 Å². The highest BCUT2D eigenvalue weighted by atomic mass is 35.5. The van der Waals surface area contributed by atoms with Crippen molar-refractivity contribution in [3.63, 3.8) is 0 Å². The Morgan fingerprint density at radius 3 is 2.60 bits per heavy atom. The zero-order valence-electron chi connectivity index (χ0n) is 12.4. The minimum atomic E-state index is -4.27. The average Bonchev–Trinajstić information content (AvgIpc) is 2.93. The molecule has 3 aromatic rings. The van der Waals surface area contributed by atoms with E-state index in [4.69, 9.17) is 11.6 Å². The SMILES string of the molecule is O=[N+]([O-])c1cc(S(=O)(=O)n2cc(CO)c3ccc(F)cc32)ccc1Cl. The van der Waals surface area contributed by atoms with E-state index in [9.17, 15) is 28.0 Å². The lowest BCUT2D eigenvalue weighted by Gasteiger charge is -2.08. The maximum absolute atomic E-state index is 13.6. The van der Waals surface area contributed by atoms with Crippen LogP contribution in [0.2, 0.25) is 5.02 Å². The molecule has 0 aliphatic rings. The van der Waals surface area contributed by atoms with E-state index in [1.54, 1.807) is 0 Å². The van der Waals surface area contributed by atoms with Gasteiger partial charge in [0.1, 0.15) is 10.8 Å². The van der Waals surface area contributed by atoms with Gasteiger partial charge in [0.25, 0.3) is 15.7 Å². The molecule has 25 heavy (non-hydrogen) atoms. The van der Waals surface area contributed by atoms with Crippen LogP contribution in [0.3, 0.4) is 0 Å². The first kappa shape index (κ1) is 17.3. The van der Waals surface area contributed by atoms with Crippen molar-refractivity contribution in [3.8, 4) is 0 Å². The summed E-state index contributed by atoms with van der Waals surface area (Å²) >= 11 is 5.70. The van der Waals surface area contributed by atoms with Crippen LogP contribution in [0.1, 0.15) is 5.56 Å². The van der Waals surface area contributed by atoms with E-state index in [0.717, 1.165) is 40.5 Å². The highest BCUT2D eigenvalue weighted by molar-refractivity contribution is 7.90. The van der Waals surface area contributed by atoms with Crippen LogP contribution in [0.5, 0.6) is 0 Å². The van der Waals surface area contributed by atoms with Crippen LogP contribution in [0, 0.1) is 15.9 Å². The molecular weight excluding hydrogens is 375 g/mol. The Balaban J connectivity index is 2.29. The molecule has 0 aliphatic carbocycles. The fourth-order valence-corrected chi connectivity index (χ4v) is 4.06.